The van der Waals surface area contributed by atoms with E-state index >= 15 is 0 Å². The van der Waals surface area contributed by atoms with Crippen LogP contribution < -0.4 is 5.56 Å². The standard InChI is InChI=1S/C13H17NO3/c1-4-9(2)14-10(3)5-6-11(13(14)17)7-8-12(15)16/h5-9H,4H2,1-3H3,(H,15,16)/b8-7+. The van der Waals surface area contributed by atoms with Crippen molar-refractivity contribution in [1.29, 1.82) is 0 Å². The molecule has 1 aromatic rings. The summed E-state index contributed by atoms with van der Waals surface area (Å²) in [4.78, 5) is 22.6. The molecule has 1 unspecified atom stereocenters. The van der Waals surface area contributed by atoms with Crippen molar-refractivity contribution in [2.24, 2.45) is 0 Å². The molecule has 0 aliphatic heterocycles. The minimum atomic E-state index is -1.06. The number of nitrogens with zero attached hydrogens (tertiary/aromatic N) is 1. The molecule has 4 heteroatoms. The summed E-state index contributed by atoms with van der Waals surface area (Å²) >= 11 is 0. The number of carboxylic acid groups (broad SMARTS) is 1. The first-order chi connectivity index (χ1) is 7.97. The molecule has 17 heavy (non-hydrogen) atoms. The van der Waals surface area contributed by atoms with E-state index < -0.39 is 5.97 Å². The van der Waals surface area contributed by atoms with Crippen LogP contribution >= 0.6 is 0 Å². The molecule has 0 amide bonds. The van der Waals surface area contributed by atoms with Gasteiger partial charge in [0.15, 0.2) is 0 Å². The second kappa shape index (κ2) is 5.48. The Morgan fingerprint density at radius 3 is 2.71 bits per heavy atom. The maximum atomic E-state index is 12.1. The third-order valence-corrected chi connectivity index (χ3v) is 2.79. The SMILES string of the molecule is CCC(C)n1c(C)ccc(/C=C/C(=O)O)c1=O. The number of hydrogen-bond donors (Lipinski definition) is 1. The molecule has 1 N–H and O–H groups in total. The van der Waals surface area contributed by atoms with Crippen molar-refractivity contribution in [1.82, 2.24) is 4.57 Å². The molecule has 1 atom stereocenters. The number of pyridine rings is 1. The fraction of sp³-hybridized carbons (Fsp3) is 0.385. The molecule has 0 aliphatic rings. The zero-order valence-corrected chi connectivity index (χ0v) is 10.3. The highest BCUT2D eigenvalue weighted by Crippen LogP contribution is 2.11. The van der Waals surface area contributed by atoms with E-state index in [2.05, 4.69) is 0 Å². The average molecular weight is 235 g/mol. The number of aliphatic carboxylic acids is 1. The summed E-state index contributed by atoms with van der Waals surface area (Å²) in [7, 11) is 0. The van der Waals surface area contributed by atoms with Crippen molar-refractivity contribution < 1.29 is 9.90 Å². The molecule has 0 saturated heterocycles. The Labute approximate surface area is 100 Å². The molecule has 0 aromatic carbocycles. The van der Waals surface area contributed by atoms with E-state index in [0.717, 1.165) is 18.2 Å². The number of hydrogen-bond acceptors (Lipinski definition) is 2. The van der Waals surface area contributed by atoms with Gasteiger partial charge in [0, 0.05) is 23.4 Å². The minimum absolute atomic E-state index is 0.112. The first-order valence-corrected chi connectivity index (χ1v) is 5.60. The van der Waals surface area contributed by atoms with Crippen molar-refractivity contribution in [3.05, 3.63) is 39.8 Å². The quantitative estimate of drug-likeness (QED) is 0.814. The van der Waals surface area contributed by atoms with Gasteiger partial charge in [0.2, 0.25) is 0 Å². The second-order valence-electron chi connectivity index (χ2n) is 4.03. The van der Waals surface area contributed by atoms with Gasteiger partial charge in [-0.05, 0) is 38.5 Å². The lowest BCUT2D eigenvalue weighted by Crippen LogP contribution is -2.26. The zero-order chi connectivity index (χ0) is 13.0. The van der Waals surface area contributed by atoms with Crippen LogP contribution in [0.4, 0.5) is 0 Å². The van der Waals surface area contributed by atoms with Crippen molar-refractivity contribution in [2.75, 3.05) is 0 Å². The highest BCUT2D eigenvalue weighted by molar-refractivity contribution is 5.85. The topological polar surface area (TPSA) is 59.3 Å². The predicted molar refractivity (Wildman–Crippen MR) is 67.1 cm³/mol. The van der Waals surface area contributed by atoms with E-state index in [4.69, 9.17) is 5.11 Å². The van der Waals surface area contributed by atoms with Crippen molar-refractivity contribution in [3.8, 4) is 0 Å². The molecule has 0 bridgehead atoms. The van der Waals surface area contributed by atoms with E-state index in [1.54, 1.807) is 10.6 Å². The van der Waals surface area contributed by atoms with Gasteiger partial charge in [-0.25, -0.2) is 4.79 Å². The van der Waals surface area contributed by atoms with Gasteiger partial charge >= 0.3 is 5.97 Å². The summed E-state index contributed by atoms with van der Waals surface area (Å²) in [5.41, 5.74) is 1.15. The lowest BCUT2D eigenvalue weighted by molar-refractivity contribution is -0.131. The fourth-order valence-electron chi connectivity index (χ4n) is 1.68. The Kier molecular flexibility index (Phi) is 4.26. The van der Waals surface area contributed by atoms with Gasteiger partial charge in [-0.3, -0.25) is 4.79 Å². The van der Waals surface area contributed by atoms with E-state index in [9.17, 15) is 9.59 Å². The number of rotatable bonds is 4. The number of aryl methyl sites for hydroxylation is 1. The molecular weight excluding hydrogens is 218 g/mol. The van der Waals surface area contributed by atoms with Gasteiger partial charge in [0.25, 0.3) is 5.56 Å². The fourth-order valence-corrected chi connectivity index (χ4v) is 1.68. The molecule has 0 aliphatic carbocycles. The van der Waals surface area contributed by atoms with Crippen LogP contribution in [0.1, 0.15) is 37.6 Å². The van der Waals surface area contributed by atoms with Gasteiger partial charge < -0.3 is 9.67 Å². The van der Waals surface area contributed by atoms with E-state index in [0.29, 0.717) is 5.56 Å². The minimum Gasteiger partial charge on any atom is -0.478 e. The Balaban J connectivity index is 3.29. The van der Waals surface area contributed by atoms with Crippen LogP contribution in [0.5, 0.6) is 0 Å². The first-order valence-electron chi connectivity index (χ1n) is 5.60. The van der Waals surface area contributed by atoms with Crippen LogP contribution in [0.25, 0.3) is 6.08 Å². The lowest BCUT2D eigenvalue weighted by atomic mass is 10.1. The molecule has 0 saturated carbocycles. The van der Waals surface area contributed by atoms with Crippen LogP contribution in [-0.2, 0) is 4.79 Å². The molecule has 92 valence electrons. The van der Waals surface area contributed by atoms with Gasteiger partial charge in [-0.2, -0.15) is 0 Å². The largest absolute Gasteiger partial charge is 0.478 e. The molecule has 0 fully saturated rings. The third-order valence-electron chi connectivity index (χ3n) is 2.79. The van der Waals surface area contributed by atoms with E-state index in [-0.39, 0.29) is 11.6 Å². The Morgan fingerprint density at radius 1 is 1.53 bits per heavy atom. The number of carbonyl (C=O) groups is 1. The Bertz CT molecular complexity index is 500. The maximum absolute atomic E-state index is 12.1. The third kappa shape index (κ3) is 3.06. The molecule has 0 spiro atoms. The highest BCUT2D eigenvalue weighted by atomic mass is 16.4. The monoisotopic (exact) mass is 235 g/mol. The van der Waals surface area contributed by atoms with E-state index in [1.807, 2.05) is 26.8 Å². The van der Waals surface area contributed by atoms with Crippen LogP contribution in [0.15, 0.2) is 23.0 Å². The first kappa shape index (κ1) is 13.2. The summed E-state index contributed by atoms with van der Waals surface area (Å²) in [5.74, 6) is -1.06. The summed E-state index contributed by atoms with van der Waals surface area (Å²) in [5, 5.41) is 8.55. The average Bonchev–Trinajstić information content (AvgIpc) is 2.27. The van der Waals surface area contributed by atoms with Crippen molar-refractivity contribution in [2.45, 2.75) is 33.2 Å². The summed E-state index contributed by atoms with van der Waals surface area (Å²) < 4.78 is 1.70. The van der Waals surface area contributed by atoms with E-state index in [1.165, 1.54) is 6.08 Å². The lowest BCUT2D eigenvalue weighted by Gasteiger charge is -2.16. The molecule has 0 radical (unpaired) electrons. The smallest absolute Gasteiger partial charge is 0.328 e. The van der Waals surface area contributed by atoms with Crippen molar-refractivity contribution >= 4 is 12.0 Å². The van der Waals surface area contributed by atoms with Gasteiger partial charge in [-0.15, -0.1) is 0 Å². The molecule has 4 nitrogen and oxygen atoms in total. The van der Waals surface area contributed by atoms with Crippen LogP contribution in [0.3, 0.4) is 0 Å². The van der Waals surface area contributed by atoms with Gasteiger partial charge in [0.1, 0.15) is 0 Å². The Hall–Kier alpha value is -1.84. The number of aromatic nitrogens is 1. The molecule has 1 aromatic heterocycles. The maximum Gasteiger partial charge on any atom is 0.328 e. The summed E-state index contributed by atoms with van der Waals surface area (Å²) in [6, 6.07) is 3.59. The van der Waals surface area contributed by atoms with Crippen molar-refractivity contribution in [3.63, 3.8) is 0 Å². The highest BCUT2D eigenvalue weighted by Gasteiger charge is 2.09. The second-order valence-corrected chi connectivity index (χ2v) is 4.03. The summed E-state index contributed by atoms with van der Waals surface area (Å²) in [6.07, 6.45) is 3.17. The van der Waals surface area contributed by atoms with Gasteiger partial charge in [0.05, 0.1) is 0 Å². The molecule has 1 rings (SSSR count). The van der Waals surface area contributed by atoms with Gasteiger partial charge in [-0.1, -0.05) is 6.92 Å². The Morgan fingerprint density at radius 2 is 2.18 bits per heavy atom. The molecule has 1 heterocycles. The zero-order valence-electron chi connectivity index (χ0n) is 10.3. The summed E-state index contributed by atoms with van der Waals surface area (Å²) in [6.45, 7) is 5.85. The van der Waals surface area contributed by atoms with Crippen LogP contribution in [0.2, 0.25) is 0 Å². The van der Waals surface area contributed by atoms with Crippen LogP contribution in [0, 0.1) is 6.92 Å². The number of carboxylic acids is 1. The normalized spacial score (nSPS) is 12.9. The molecular formula is C13H17NO3. The van der Waals surface area contributed by atoms with Crippen LogP contribution in [-0.4, -0.2) is 15.6 Å². The predicted octanol–water partition coefficient (Wildman–Crippen LogP) is 2.23.